The van der Waals surface area contributed by atoms with Crippen molar-refractivity contribution in [3.05, 3.63) is 128 Å². The highest BCUT2D eigenvalue weighted by Crippen LogP contribution is 2.32. The van der Waals surface area contributed by atoms with Crippen LogP contribution in [-0.4, -0.2) is 32.8 Å². The number of pyridine rings is 2. The highest BCUT2D eigenvalue weighted by molar-refractivity contribution is 5.93. The first-order valence-electron chi connectivity index (χ1n) is 11.6. The third-order valence-electron chi connectivity index (χ3n) is 5.78. The van der Waals surface area contributed by atoms with Crippen LogP contribution < -0.4 is 20.6 Å². The summed E-state index contributed by atoms with van der Waals surface area (Å²) >= 11 is 0. The first-order chi connectivity index (χ1) is 18.6. The Labute approximate surface area is 220 Å². The summed E-state index contributed by atoms with van der Waals surface area (Å²) in [6.45, 7) is 1.85. The summed E-state index contributed by atoms with van der Waals surface area (Å²) in [5.74, 6) is -2.16. The number of aromatic carboxylic acids is 1. The topological polar surface area (TPSA) is 117 Å². The van der Waals surface area contributed by atoms with Crippen molar-refractivity contribution in [2.75, 3.05) is 6.79 Å². The number of Topliss-reactive ketones (excluding diaryl/α,β-unsaturated/α-hetero) is 1. The summed E-state index contributed by atoms with van der Waals surface area (Å²) in [4.78, 5) is 46.1. The first-order valence-corrected chi connectivity index (χ1v) is 11.6. The van der Waals surface area contributed by atoms with Crippen molar-refractivity contribution in [1.29, 1.82) is 0 Å². The van der Waals surface area contributed by atoms with Crippen LogP contribution in [0.2, 0.25) is 0 Å². The van der Waals surface area contributed by atoms with Gasteiger partial charge in [-0.1, -0.05) is 12.1 Å². The average molecular weight is 536 g/mol. The number of fused-ring (bicyclic) bond motifs is 1. The normalized spacial score (nSPS) is 11.5. The van der Waals surface area contributed by atoms with E-state index in [-0.39, 0.29) is 36.8 Å². The number of hydrogen-bond donors (Lipinski definition) is 1. The number of ether oxygens (including phenoxy) is 2. The summed E-state index contributed by atoms with van der Waals surface area (Å²) in [5.41, 5.74) is 0.135. The van der Waals surface area contributed by atoms with Crippen LogP contribution in [-0.2, 0) is 13.1 Å². The maximum atomic E-state index is 13.1. The fourth-order valence-corrected chi connectivity index (χ4v) is 3.82. The highest BCUT2D eigenvalue weighted by atomic mass is 19.2. The van der Waals surface area contributed by atoms with Crippen LogP contribution in [0.15, 0.2) is 82.6 Å². The van der Waals surface area contributed by atoms with Gasteiger partial charge in [0, 0.05) is 12.4 Å². The molecule has 0 aliphatic carbocycles. The number of nitrogens with zero attached hydrogens (tertiary/aromatic N) is 2. The molecule has 0 atom stereocenters. The molecule has 3 heterocycles. The number of halogens is 2. The number of hydrogen-bond acceptors (Lipinski definition) is 6. The number of aromatic nitrogens is 2. The Morgan fingerprint density at radius 3 is 1.97 bits per heavy atom. The van der Waals surface area contributed by atoms with Crippen LogP contribution in [0, 0.1) is 11.6 Å². The Hall–Kier alpha value is -5.06. The van der Waals surface area contributed by atoms with Crippen LogP contribution in [0.25, 0.3) is 0 Å². The molecule has 0 spiro atoms. The second-order valence-electron chi connectivity index (χ2n) is 8.51. The predicted octanol–water partition coefficient (Wildman–Crippen LogP) is 3.70. The Balaban J connectivity index is 0.000000181. The fourth-order valence-electron chi connectivity index (χ4n) is 3.82. The van der Waals surface area contributed by atoms with Gasteiger partial charge in [0.15, 0.2) is 28.9 Å². The minimum absolute atomic E-state index is 0.0742. The lowest BCUT2D eigenvalue weighted by Gasteiger charge is -2.07. The minimum Gasteiger partial charge on any atom is -0.477 e. The van der Waals surface area contributed by atoms with E-state index in [1.165, 1.54) is 46.5 Å². The molecule has 2 aromatic heterocycles. The van der Waals surface area contributed by atoms with E-state index in [1.807, 2.05) is 6.07 Å². The smallest absolute Gasteiger partial charge is 0.341 e. The lowest BCUT2D eigenvalue weighted by Crippen LogP contribution is -2.25. The number of carboxylic acid groups (broad SMARTS) is 1. The highest BCUT2D eigenvalue weighted by Gasteiger charge is 2.15. The monoisotopic (exact) mass is 536 g/mol. The maximum absolute atomic E-state index is 13.1. The van der Waals surface area contributed by atoms with Crippen molar-refractivity contribution < 1.29 is 33.0 Å². The molecule has 200 valence electrons. The molecule has 0 amide bonds. The van der Waals surface area contributed by atoms with Crippen molar-refractivity contribution in [3.63, 3.8) is 0 Å². The van der Waals surface area contributed by atoms with E-state index in [9.17, 15) is 28.0 Å². The van der Waals surface area contributed by atoms with Crippen LogP contribution in [0.1, 0.15) is 38.8 Å². The van der Waals surface area contributed by atoms with Crippen LogP contribution >= 0.6 is 0 Å². The van der Waals surface area contributed by atoms with E-state index < -0.39 is 28.7 Å². The van der Waals surface area contributed by atoms with Crippen molar-refractivity contribution >= 4 is 11.8 Å². The van der Waals surface area contributed by atoms with Crippen LogP contribution in [0.5, 0.6) is 11.5 Å². The molecule has 2 aromatic carbocycles. The van der Waals surface area contributed by atoms with E-state index in [1.54, 1.807) is 24.4 Å². The third-order valence-corrected chi connectivity index (χ3v) is 5.78. The largest absolute Gasteiger partial charge is 0.477 e. The molecule has 39 heavy (non-hydrogen) atoms. The van der Waals surface area contributed by atoms with Crippen molar-refractivity contribution in [1.82, 2.24) is 9.13 Å². The van der Waals surface area contributed by atoms with Gasteiger partial charge in [-0.05, 0) is 66.6 Å². The number of benzene rings is 2. The van der Waals surface area contributed by atoms with E-state index in [4.69, 9.17) is 14.6 Å². The summed E-state index contributed by atoms with van der Waals surface area (Å²) in [6.07, 6.45) is 3.05. The zero-order valence-corrected chi connectivity index (χ0v) is 20.6. The van der Waals surface area contributed by atoms with Gasteiger partial charge in [-0.3, -0.25) is 14.4 Å². The quantitative estimate of drug-likeness (QED) is 0.374. The lowest BCUT2D eigenvalue weighted by atomic mass is 10.2. The van der Waals surface area contributed by atoms with Gasteiger partial charge in [-0.25, -0.2) is 13.6 Å². The maximum Gasteiger partial charge on any atom is 0.341 e. The van der Waals surface area contributed by atoms with Gasteiger partial charge in [-0.2, -0.15) is 0 Å². The fraction of sp³-hybridized carbons (Fsp3) is 0.143. The van der Waals surface area contributed by atoms with Gasteiger partial charge < -0.3 is 23.7 Å². The van der Waals surface area contributed by atoms with E-state index in [2.05, 4.69) is 0 Å². The minimum atomic E-state index is -1.23. The number of rotatable bonds is 6. The van der Waals surface area contributed by atoms with E-state index in [0.717, 1.165) is 17.7 Å². The summed E-state index contributed by atoms with van der Waals surface area (Å²) in [6, 6.07) is 14.6. The van der Waals surface area contributed by atoms with Crippen molar-refractivity contribution in [3.8, 4) is 11.5 Å². The van der Waals surface area contributed by atoms with Crippen LogP contribution in [0.4, 0.5) is 8.78 Å². The molecule has 4 aromatic rings. The molecule has 11 heteroatoms. The van der Waals surface area contributed by atoms with E-state index in [0.29, 0.717) is 17.1 Å². The number of ketones is 1. The third kappa shape index (κ3) is 6.27. The van der Waals surface area contributed by atoms with E-state index >= 15 is 0 Å². The molecule has 0 saturated heterocycles. The molecule has 0 radical (unpaired) electrons. The molecule has 0 fully saturated rings. The number of carbonyl (C=O) groups is 2. The first kappa shape index (κ1) is 27.0. The number of carboxylic acids is 1. The standard InChI is InChI=1S/C14H11F2NO2.C14H11NO5/c1-9(18)11-3-2-6-17(14(11)19)8-10-4-5-12(15)13(16)7-10;16-13-10(14(17)18)2-1-5-15(13)7-9-3-4-11-12(6-9)20-8-19-11/h2-7H,8H2,1H3;1-6H,7-8H2,(H,17,18). The Kier molecular flexibility index (Phi) is 7.99. The SMILES string of the molecule is CC(=O)c1cccn(Cc2ccc(F)c(F)c2)c1=O.O=C(O)c1cccn(Cc2ccc3c(c2)OCO3)c1=O. The molecule has 1 aliphatic rings. The predicted molar refractivity (Wildman–Crippen MR) is 135 cm³/mol. The molecular formula is C28H22F2N2O7. The van der Waals surface area contributed by atoms with Gasteiger partial charge in [-0.15, -0.1) is 0 Å². The van der Waals surface area contributed by atoms with Gasteiger partial charge in [0.25, 0.3) is 11.1 Å². The lowest BCUT2D eigenvalue weighted by molar-refractivity contribution is 0.0694. The summed E-state index contributed by atoms with van der Waals surface area (Å²) in [5, 5.41) is 8.93. The zero-order valence-electron chi connectivity index (χ0n) is 20.6. The van der Waals surface area contributed by atoms with Crippen molar-refractivity contribution in [2.24, 2.45) is 0 Å². The zero-order chi connectivity index (χ0) is 28.1. The van der Waals surface area contributed by atoms with Gasteiger partial charge in [0.2, 0.25) is 6.79 Å². The van der Waals surface area contributed by atoms with Crippen molar-refractivity contribution in [2.45, 2.75) is 20.0 Å². The van der Waals surface area contributed by atoms with Gasteiger partial charge >= 0.3 is 5.97 Å². The summed E-state index contributed by atoms with van der Waals surface area (Å²) in [7, 11) is 0. The summed E-state index contributed by atoms with van der Waals surface area (Å²) < 4.78 is 39.0. The second kappa shape index (κ2) is 11.5. The molecule has 1 aliphatic heterocycles. The molecule has 0 saturated carbocycles. The Morgan fingerprint density at radius 2 is 1.36 bits per heavy atom. The van der Waals surface area contributed by atoms with Gasteiger partial charge in [0.1, 0.15) is 5.56 Å². The molecule has 0 bridgehead atoms. The molecule has 5 rings (SSSR count). The van der Waals surface area contributed by atoms with Gasteiger partial charge in [0.05, 0.1) is 18.7 Å². The molecule has 9 nitrogen and oxygen atoms in total. The Bertz CT molecular complexity index is 1680. The van der Waals surface area contributed by atoms with Crippen LogP contribution in [0.3, 0.4) is 0 Å². The Morgan fingerprint density at radius 1 is 0.795 bits per heavy atom. The molecule has 1 N–H and O–H groups in total. The second-order valence-corrected chi connectivity index (χ2v) is 8.51. The number of carbonyl (C=O) groups excluding carboxylic acids is 1. The molecule has 0 unspecified atom stereocenters. The molecular weight excluding hydrogens is 514 g/mol. The average Bonchev–Trinajstić information content (AvgIpc) is 3.37.